The van der Waals surface area contributed by atoms with Crippen molar-refractivity contribution in [1.29, 1.82) is 0 Å². The summed E-state index contributed by atoms with van der Waals surface area (Å²) in [6, 6.07) is 40.3. The fraction of sp³-hybridized carbons (Fsp3) is 0.296. The lowest BCUT2D eigenvalue weighted by Crippen LogP contribution is -2.56. The van der Waals surface area contributed by atoms with Gasteiger partial charge in [-0.15, -0.1) is 15.3 Å². The van der Waals surface area contributed by atoms with Gasteiger partial charge in [-0.25, -0.2) is 24.0 Å². The number of hydrogen-bond acceptors (Lipinski definition) is 26. The molecule has 102 heavy (non-hydrogen) atoms. The molecule has 15 rings (SSSR count). The number of hydrogen-bond donors (Lipinski definition) is 14. The summed E-state index contributed by atoms with van der Waals surface area (Å²) < 4.78 is 39.2. The predicted molar refractivity (Wildman–Crippen MR) is 361 cm³/mol. The molecular weight excluding hydrogens is 1320 g/mol. The highest BCUT2D eigenvalue weighted by Crippen LogP contribution is 2.41. The molecule has 14 N–H and O–H groups in total. The fourth-order valence-electron chi connectivity index (χ4n) is 13.1. The molecule has 0 unspecified atom stereocenters. The first-order valence-corrected chi connectivity index (χ1v) is 32.6. The summed E-state index contributed by atoms with van der Waals surface area (Å²) in [5.41, 5.74) is 12.7. The molecular formula is C71H69N13O18. The Balaban J connectivity index is 0.795. The minimum Gasteiger partial charge on any atom is -0.487 e. The molecule has 4 aromatic carbocycles. The molecule has 3 saturated heterocycles. The largest absolute Gasteiger partial charge is 0.487 e. The molecule has 0 saturated carbocycles. The number of fused-ring (bicyclic) bond motifs is 8. The van der Waals surface area contributed by atoms with E-state index in [-0.39, 0.29) is 19.8 Å². The van der Waals surface area contributed by atoms with E-state index < -0.39 is 112 Å². The molecule has 5 aliphatic heterocycles. The maximum Gasteiger partial charge on any atom is 0.180 e. The Morgan fingerprint density at radius 2 is 0.608 bits per heavy atom. The molecule has 31 nitrogen and oxygen atoms in total. The van der Waals surface area contributed by atoms with E-state index in [0.717, 1.165) is 55.5 Å². The summed E-state index contributed by atoms with van der Waals surface area (Å²) in [4.78, 5) is 18.4. The van der Waals surface area contributed by atoms with E-state index in [2.05, 4.69) is 40.9 Å². The molecule has 5 aliphatic rings. The summed E-state index contributed by atoms with van der Waals surface area (Å²) in [7, 11) is 0. The molecule has 8 bridgehead atoms. The molecule has 0 radical (unpaired) electrons. The van der Waals surface area contributed by atoms with E-state index in [4.69, 9.17) is 38.4 Å². The Labute approximate surface area is 577 Å². The van der Waals surface area contributed by atoms with Crippen molar-refractivity contribution in [2.75, 3.05) is 19.8 Å². The number of rotatable bonds is 19. The summed E-state index contributed by atoms with van der Waals surface area (Å²) >= 11 is 0. The molecule has 0 amide bonds. The molecule has 15 atom stereocenters. The molecule has 11 heterocycles. The van der Waals surface area contributed by atoms with E-state index >= 15 is 0 Å². The van der Waals surface area contributed by atoms with Gasteiger partial charge in [0.15, 0.2) is 18.7 Å². The van der Waals surface area contributed by atoms with E-state index in [1.807, 2.05) is 140 Å². The Bertz CT molecular complexity index is 4750. The van der Waals surface area contributed by atoms with Crippen LogP contribution < -0.4 is 14.2 Å². The molecule has 10 aromatic rings. The van der Waals surface area contributed by atoms with Crippen LogP contribution in [0.2, 0.25) is 0 Å². The maximum absolute atomic E-state index is 10.7. The summed E-state index contributed by atoms with van der Waals surface area (Å²) in [6.45, 7) is -1.96. The van der Waals surface area contributed by atoms with E-state index in [9.17, 15) is 61.3 Å². The van der Waals surface area contributed by atoms with Crippen LogP contribution in [0, 0.1) is 0 Å². The van der Waals surface area contributed by atoms with Crippen LogP contribution >= 0.6 is 0 Å². The number of nitrogens with zero attached hydrogens (tertiary/aromatic N) is 11. The molecule has 526 valence electrons. The second-order valence-electron chi connectivity index (χ2n) is 25.0. The summed E-state index contributed by atoms with van der Waals surface area (Å²) in [6.07, 6.45) is -8.96. The van der Waals surface area contributed by atoms with Crippen molar-refractivity contribution in [3.8, 4) is 61.8 Å². The monoisotopic (exact) mass is 1390 g/mol. The highest BCUT2D eigenvalue weighted by atomic mass is 16.6. The van der Waals surface area contributed by atoms with Crippen molar-refractivity contribution in [3.63, 3.8) is 0 Å². The van der Waals surface area contributed by atoms with Gasteiger partial charge in [0.05, 0.1) is 61.2 Å². The first-order chi connectivity index (χ1) is 49.6. The minimum atomic E-state index is -1.61. The lowest BCUT2D eigenvalue weighted by molar-refractivity contribution is -0.254. The van der Waals surface area contributed by atoms with Crippen LogP contribution in [0.15, 0.2) is 146 Å². The Kier molecular flexibility index (Phi) is 18.9. The number of H-pyrrole nitrogens is 2. The van der Waals surface area contributed by atoms with Gasteiger partial charge in [-0.3, -0.25) is 0 Å². The van der Waals surface area contributed by atoms with Crippen molar-refractivity contribution >= 4 is 46.4 Å². The van der Waals surface area contributed by atoms with Gasteiger partial charge in [0, 0.05) is 44.3 Å². The van der Waals surface area contributed by atoms with Gasteiger partial charge in [0.25, 0.3) is 0 Å². The number of ether oxygens (including phenoxy) is 6. The second kappa shape index (κ2) is 28.6. The van der Waals surface area contributed by atoms with Crippen molar-refractivity contribution < 1.29 is 89.7 Å². The van der Waals surface area contributed by atoms with Crippen molar-refractivity contribution in [3.05, 3.63) is 186 Å². The zero-order chi connectivity index (χ0) is 70.4. The predicted octanol–water partition coefficient (Wildman–Crippen LogP) is 2.75. The third-order valence-corrected chi connectivity index (χ3v) is 18.5. The van der Waals surface area contributed by atoms with Crippen LogP contribution in [0.4, 0.5) is 0 Å². The zero-order valence-electron chi connectivity index (χ0n) is 53.8. The van der Waals surface area contributed by atoms with Gasteiger partial charge < -0.3 is 99.7 Å². The maximum atomic E-state index is 10.7. The van der Waals surface area contributed by atoms with Gasteiger partial charge in [-0.05, 0) is 107 Å². The van der Waals surface area contributed by atoms with Crippen molar-refractivity contribution in [2.24, 2.45) is 0 Å². The van der Waals surface area contributed by atoms with Crippen molar-refractivity contribution in [2.45, 2.75) is 112 Å². The summed E-state index contributed by atoms with van der Waals surface area (Å²) in [5, 5.41) is 148. The van der Waals surface area contributed by atoms with Crippen molar-refractivity contribution in [1.82, 2.24) is 64.9 Å². The minimum absolute atomic E-state index is 0.0452. The normalized spacial score (nSPS) is 25.6. The lowest BCUT2D eigenvalue weighted by Gasteiger charge is -2.39. The van der Waals surface area contributed by atoms with Crippen LogP contribution in [0.5, 0.6) is 17.2 Å². The Morgan fingerprint density at radius 3 is 0.882 bits per heavy atom. The average Bonchev–Trinajstić information content (AvgIpc) is 1.60. The SMILES string of the molecule is OC[C@H]1O[C@@H](n2cc(COc3ccc(-c4c5nc(c(-c6ccc(OCc7cn([C@@H]8O[C@H](CO)[C@H](O)[C@H](O)[C@H]8O)nn7)cc6)c6ccc([nH]6)c(-c6ccc(OCc7cn([C@@H]8O[C@H](CO)[C@H](O)[C@H](O)[C@H]8O)nn7)cc6)c6nc(c(-c7ccccc7)c7ccc4[nH]7)C=C6)C=C5)cc3)nn2)[C@H](O)[C@@H](O)[C@H]1O. The quantitative estimate of drug-likeness (QED) is 0.0553. The van der Waals surface area contributed by atoms with Crippen LogP contribution in [0.25, 0.3) is 90.9 Å². The summed E-state index contributed by atoms with van der Waals surface area (Å²) in [5.74, 6) is 1.44. The smallest absolute Gasteiger partial charge is 0.180 e. The van der Waals surface area contributed by atoms with E-state index in [0.29, 0.717) is 68.1 Å². The molecule has 0 aliphatic carbocycles. The number of aliphatic hydroxyl groups excluding tert-OH is 12. The first-order valence-electron chi connectivity index (χ1n) is 32.6. The topological polar surface area (TPSA) is 448 Å². The van der Waals surface area contributed by atoms with Crippen LogP contribution in [-0.2, 0) is 34.0 Å². The number of nitrogens with one attached hydrogen (secondary N) is 2. The van der Waals surface area contributed by atoms with Gasteiger partial charge in [0.1, 0.15) is 127 Å². The first kappa shape index (κ1) is 67.5. The third-order valence-electron chi connectivity index (χ3n) is 18.5. The molecule has 31 heteroatoms. The second-order valence-corrected chi connectivity index (χ2v) is 25.0. The highest BCUT2D eigenvalue weighted by molar-refractivity contribution is 6.00. The Hall–Kier alpha value is -10.3. The number of aliphatic hydroxyl groups is 12. The van der Waals surface area contributed by atoms with Gasteiger partial charge >= 0.3 is 0 Å². The lowest BCUT2D eigenvalue weighted by atomic mass is 9.98. The van der Waals surface area contributed by atoms with E-state index in [1.165, 1.54) is 32.6 Å². The van der Waals surface area contributed by atoms with Gasteiger partial charge in [-0.1, -0.05) is 82.4 Å². The van der Waals surface area contributed by atoms with Crippen LogP contribution in [0.1, 0.15) is 58.5 Å². The number of aromatic nitrogens is 13. The fourth-order valence-corrected chi connectivity index (χ4v) is 13.1. The molecule has 0 spiro atoms. The number of aromatic amines is 2. The number of benzene rings is 4. The standard InChI is InChI=1S/C71H69N13O18/c85-29-53-60(88)63(91)66(94)69(100-53)82-26-39(76-79-82)32-97-42-12-6-36(7-13-42)57-47-20-18-45(72-47)56(35-4-2-1-3-5-35)46-19-21-48(73-46)58(37-8-14-43(15-9-37)98-33-40-27-83(80-77-40)70-67(95)64(92)61(89)54(30-86)101-70)50-23-25-52(75-50)59(51-24-22-49(57)74-51)38-10-16-44(17-11-38)99-34-41-28-84(81-78-41)71-68(96)65(93)62(90)55(31-87)102-71/h1-28,53-55,60-72,75,85-96H,29-34H2/t53-,54-,55-,60+,61+,62+,63+,64+,65+,66-,67-,68-,69-,70-,71-/m1/s1. The van der Waals surface area contributed by atoms with Crippen LogP contribution in [0.3, 0.4) is 0 Å². The van der Waals surface area contributed by atoms with Crippen LogP contribution in [-0.4, -0.2) is 219 Å². The zero-order valence-corrected chi connectivity index (χ0v) is 53.8. The van der Waals surface area contributed by atoms with Gasteiger partial charge in [-0.2, -0.15) is 0 Å². The van der Waals surface area contributed by atoms with Gasteiger partial charge in [0.2, 0.25) is 0 Å². The highest BCUT2D eigenvalue weighted by Gasteiger charge is 2.47. The Morgan fingerprint density at radius 1 is 0.333 bits per heavy atom. The molecule has 6 aromatic heterocycles. The average molecular weight is 1390 g/mol. The van der Waals surface area contributed by atoms with E-state index in [1.54, 1.807) is 12.1 Å². The third kappa shape index (κ3) is 13.1. The molecule has 3 fully saturated rings.